The van der Waals surface area contributed by atoms with Gasteiger partial charge in [0.1, 0.15) is 11.1 Å². The Hall–Kier alpha value is -3.62. The SMILES string of the molecule is [2H]C([2H])([2H])n1c(=O)nc(N(CC(F)F)c2ccnc(C#CC3(C(F)(F)F)CC3)c2)c2c(F)c(F)ccc21. The molecule has 0 N–H and O–H groups in total. The summed E-state index contributed by atoms with van der Waals surface area (Å²) in [5.41, 5.74) is -4.77. The van der Waals surface area contributed by atoms with Crippen LogP contribution >= 0.6 is 0 Å². The zero-order valence-corrected chi connectivity index (χ0v) is 16.9. The second-order valence-corrected chi connectivity index (χ2v) is 7.54. The van der Waals surface area contributed by atoms with Crippen LogP contribution in [0.1, 0.15) is 22.6 Å². The van der Waals surface area contributed by atoms with E-state index in [1.165, 1.54) is 0 Å². The average molecular weight is 487 g/mol. The molecule has 178 valence electrons. The maximum Gasteiger partial charge on any atom is 0.405 e. The van der Waals surface area contributed by atoms with Crippen LogP contribution in [-0.2, 0) is 6.98 Å². The molecule has 4 rings (SSSR count). The second-order valence-electron chi connectivity index (χ2n) is 7.54. The number of hydrogen-bond donors (Lipinski definition) is 0. The van der Waals surface area contributed by atoms with Gasteiger partial charge in [-0.2, -0.15) is 18.2 Å². The molecule has 1 aliphatic rings. The van der Waals surface area contributed by atoms with Gasteiger partial charge in [-0.15, -0.1) is 0 Å². The van der Waals surface area contributed by atoms with Gasteiger partial charge in [0, 0.05) is 23.0 Å². The fourth-order valence-corrected chi connectivity index (χ4v) is 3.33. The Balaban J connectivity index is 1.92. The minimum absolute atomic E-state index is 0.116. The second kappa shape index (κ2) is 8.30. The first kappa shape index (κ1) is 19.8. The minimum atomic E-state index is -4.57. The lowest BCUT2D eigenvalue weighted by atomic mass is 10.1. The lowest BCUT2D eigenvalue weighted by Crippen LogP contribution is -2.30. The van der Waals surface area contributed by atoms with Crippen LogP contribution in [-0.4, -0.2) is 33.7 Å². The summed E-state index contributed by atoms with van der Waals surface area (Å²) in [6.07, 6.45) is -7.08. The van der Waals surface area contributed by atoms with Crippen molar-refractivity contribution in [1.82, 2.24) is 14.5 Å². The summed E-state index contributed by atoms with van der Waals surface area (Å²) in [4.78, 5) is 20.5. The Bertz CT molecular complexity index is 1490. The van der Waals surface area contributed by atoms with Gasteiger partial charge >= 0.3 is 11.9 Å². The quantitative estimate of drug-likeness (QED) is 0.396. The highest BCUT2D eigenvalue weighted by atomic mass is 19.4. The van der Waals surface area contributed by atoms with E-state index in [1.807, 2.05) is 0 Å². The Morgan fingerprint density at radius 3 is 2.62 bits per heavy atom. The van der Waals surface area contributed by atoms with Crippen molar-refractivity contribution in [3.05, 3.63) is 58.3 Å². The Labute approximate surface area is 192 Å². The van der Waals surface area contributed by atoms with Crippen LogP contribution in [0.2, 0.25) is 0 Å². The lowest BCUT2D eigenvalue weighted by Gasteiger charge is -2.25. The highest BCUT2D eigenvalue weighted by molar-refractivity contribution is 5.92. The molecular weight excluding hydrogens is 469 g/mol. The van der Waals surface area contributed by atoms with Gasteiger partial charge in [-0.05, 0) is 43.0 Å². The molecule has 0 amide bonds. The lowest BCUT2D eigenvalue weighted by molar-refractivity contribution is -0.168. The topological polar surface area (TPSA) is 51.0 Å². The van der Waals surface area contributed by atoms with E-state index in [1.54, 1.807) is 0 Å². The number of halogens is 7. The fourth-order valence-electron chi connectivity index (χ4n) is 3.33. The van der Waals surface area contributed by atoms with Crippen molar-refractivity contribution in [3.8, 4) is 11.8 Å². The van der Waals surface area contributed by atoms with Crippen molar-refractivity contribution in [2.75, 3.05) is 11.4 Å². The maximum atomic E-state index is 15.0. The molecule has 0 atom stereocenters. The predicted molar refractivity (Wildman–Crippen MR) is 109 cm³/mol. The zero-order chi connectivity index (χ0) is 27.3. The fraction of sp³-hybridized carbons (Fsp3) is 0.318. The molecule has 2 aromatic heterocycles. The average Bonchev–Trinajstić information content (AvgIpc) is 3.59. The Morgan fingerprint density at radius 2 is 2.00 bits per heavy atom. The predicted octanol–water partition coefficient (Wildman–Crippen LogP) is 4.70. The van der Waals surface area contributed by atoms with Gasteiger partial charge in [0.15, 0.2) is 17.5 Å². The molecule has 0 bridgehead atoms. The van der Waals surface area contributed by atoms with E-state index in [0.717, 1.165) is 24.4 Å². The monoisotopic (exact) mass is 487 g/mol. The van der Waals surface area contributed by atoms with Crippen LogP contribution in [0.25, 0.3) is 10.9 Å². The number of aryl methyl sites for hydroxylation is 1. The molecular formula is C22H15F7N4O. The molecule has 0 aliphatic heterocycles. The maximum absolute atomic E-state index is 15.0. The largest absolute Gasteiger partial charge is 0.405 e. The molecule has 0 unspecified atom stereocenters. The molecule has 0 radical (unpaired) electrons. The third-order valence-electron chi connectivity index (χ3n) is 5.28. The van der Waals surface area contributed by atoms with Crippen LogP contribution in [0.3, 0.4) is 0 Å². The Morgan fingerprint density at radius 1 is 1.26 bits per heavy atom. The molecule has 1 saturated carbocycles. The first-order chi connectivity index (χ1) is 17.1. The summed E-state index contributed by atoms with van der Waals surface area (Å²) in [5.74, 6) is 0.435. The number of benzene rings is 1. The number of nitrogens with zero attached hydrogens (tertiary/aromatic N) is 4. The van der Waals surface area contributed by atoms with E-state index in [2.05, 4.69) is 21.8 Å². The van der Waals surface area contributed by atoms with Crippen molar-refractivity contribution in [3.63, 3.8) is 0 Å². The van der Waals surface area contributed by atoms with Crippen LogP contribution in [0, 0.1) is 28.9 Å². The van der Waals surface area contributed by atoms with E-state index >= 15 is 0 Å². The van der Waals surface area contributed by atoms with Gasteiger partial charge in [-0.3, -0.25) is 4.57 Å². The van der Waals surface area contributed by atoms with Crippen LogP contribution in [0.5, 0.6) is 0 Å². The molecule has 34 heavy (non-hydrogen) atoms. The van der Waals surface area contributed by atoms with E-state index < -0.39 is 65.6 Å². The van der Waals surface area contributed by atoms with Gasteiger partial charge in [0.05, 0.1) is 17.4 Å². The number of fused-ring (bicyclic) bond motifs is 1. The summed E-state index contributed by atoms with van der Waals surface area (Å²) in [5, 5.41) is -0.866. The highest BCUT2D eigenvalue weighted by Crippen LogP contribution is 2.57. The summed E-state index contributed by atoms with van der Waals surface area (Å²) >= 11 is 0. The highest BCUT2D eigenvalue weighted by Gasteiger charge is 2.62. The number of anilines is 2. The third-order valence-corrected chi connectivity index (χ3v) is 5.28. The molecule has 0 saturated heterocycles. The van der Waals surface area contributed by atoms with Crippen LogP contribution < -0.4 is 10.6 Å². The summed E-state index contributed by atoms with van der Waals surface area (Å²) < 4.78 is 119. The first-order valence-electron chi connectivity index (χ1n) is 11.2. The summed E-state index contributed by atoms with van der Waals surface area (Å²) in [6.45, 7) is -4.39. The van der Waals surface area contributed by atoms with Crippen LogP contribution in [0.4, 0.5) is 42.2 Å². The van der Waals surface area contributed by atoms with Crippen molar-refractivity contribution in [2.24, 2.45) is 12.4 Å². The number of hydrogen-bond acceptors (Lipinski definition) is 4. The van der Waals surface area contributed by atoms with E-state index in [-0.39, 0.29) is 28.8 Å². The normalized spacial score (nSPS) is 16.4. The van der Waals surface area contributed by atoms with Crippen molar-refractivity contribution in [2.45, 2.75) is 25.4 Å². The number of rotatable bonds is 4. The first-order valence-corrected chi connectivity index (χ1v) is 9.67. The van der Waals surface area contributed by atoms with E-state index in [0.29, 0.717) is 11.0 Å². The van der Waals surface area contributed by atoms with Crippen molar-refractivity contribution < 1.29 is 34.8 Å². The molecule has 2 heterocycles. The number of alkyl halides is 5. The number of aromatic nitrogens is 3. The Kier molecular flexibility index (Phi) is 4.84. The summed E-state index contributed by atoms with van der Waals surface area (Å²) in [7, 11) is 0. The van der Waals surface area contributed by atoms with Crippen molar-refractivity contribution >= 4 is 22.4 Å². The molecule has 5 nitrogen and oxygen atoms in total. The molecule has 1 fully saturated rings. The minimum Gasteiger partial charge on any atom is -0.320 e. The van der Waals surface area contributed by atoms with Gasteiger partial charge in [0.25, 0.3) is 6.43 Å². The smallest absolute Gasteiger partial charge is 0.320 e. The van der Waals surface area contributed by atoms with Gasteiger partial charge in [0.2, 0.25) is 0 Å². The van der Waals surface area contributed by atoms with Gasteiger partial charge in [-0.25, -0.2) is 27.3 Å². The van der Waals surface area contributed by atoms with Gasteiger partial charge < -0.3 is 4.90 Å². The van der Waals surface area contributed by atoms with Crippen LogP contribution in [0.15, 0.2) is 35.3 Å². The van der Waals surface area contributed by atoms with E-state index in [4.69, 9.17) is 4.11 Å². The molecule has 0 spiro atoms. The zero-order valence-electron chi connectivity index (χ0n) is 19.9. The van der Waals surface area contributed by atoms with E-state index in [9.17, 15) is 35.5 Å². The molecule has 1 aliphatic carbocycles. The third kappa shape index (κ3) is 4.18. The van der Waals surface area contributed by atoms with Crippen molar-refractivity contribution in [1.29, 1.82) is 0 Å². The summed E-state index contributed by atoms with van der Waals surface area (Å²) in [6, 6.07) is 3.49. The number of pyridine rings is 1. The van der Waals surface area contributed by atoms with Gasteiger partial charge in [-0.1, -0.05) is 5.92 Å². The molecule has 1 aromatic carbocycles. The standard InChI is InChI=1S/C22H15F7N4O/c1-32-15-3-2-14(23)18(26)17(15)19(31-20(32)34)33(11-16(24)25)13-5-9-30-12(10-13)4-6-21(7-8-21)22(27,28)29/h2-3,5,9-10,16H,7-8,11H2,1H3/i1D3. The molecule has 12 heteroatoms. The molecule has 3 aromatic rings.